The second-order valence-corrected chi connectivity index (χ2v) is 6.05. The molecule has 3 rings (SSSR count). The van der Waals surface area contributed by atoms with E-state index < -0.39 is 0 Å². The van der Waals surface area contributed by atoms with Gasteiger partial charge >= 0.3 is 0 Å². The van der Waals surface area contributed by atoms with E-state index in [1.807, 2.05) is 11.0 Å². The van der Waals surface area contributed by atoms with E-state index in [0.29, 0.717) is 0 Å². The smallest absolute Gasteiger partial charge is 0.137 e. The molecule has 0 atom stereocenters. The van der Waals surface area contributed by atoms with Crippen LogP contribution < -0.4 is 5.32 Å². The van der Waals surface area contributed by atoms with Crippen molar-refractivity contribution in [3.8, 4) is 0 Å². The van der Waals surface area contributed by atoms with Crippen molar-refractivity contribution >= 4 is 0 Å². The third kappa shape index (κ3) is 3.76. The zero-order valence-electron chi connectivity index (χ0n) is 11.7. The summed E-state index contributed by atoms with van der Waals surface area (Å²) in [5.74, 6) is 1.71. The summed E-state index contributed by atoms with van der Waals surface area (Å²) >= 11 is 0. The Morgan fingerprint density at radius 3 is 2.42 bits per heavy atom. The normalized spacial score (nSPS) is 23.8. The molecular formula is C14H25N5. The topological polar surface area (TPSA) is 46.0 Å². The summed E-state index contributed by atoms with van der Waals surface area (Å²) in [4.78, 5) is 6.69. The molecule has 1 aromatic rings. The van der Waals surface area contributed by atoms with E-state index in [-0.39, 0.29) is 0 Å². The lowest BCUT2D eigenvalue weighted by atomic mass is 9.93. The van der Waals surface area contributed by atoms with Crippen molar-refractivity contribution in [3.63, 3.8) is 0 Å². The van der Waals surface area contributed by atoms with Gasteiger partial charge in [-0.25, -0.2) is 4.98 Å². The number of aromatic nitrogens is 3. The number of hydrogen-bond donors (Lipinski definition) is 1. The van der Waals surface area contributed by atoms with Gasteiger partial charge in [-0.2, -0.15) is 5.10 Å². The molecule has 5 nitrogen and oxygen atoms in total. The zero-order valence-corrected chi connectivity index (χ0v) is 11.7. The molecule has 0 bridgehead atoms. The van der Waals surface area contributed by atoms with Crippen LogP contribution in [-0.4, -0.2) is 52.4 Å². The zero-order chi connectivity index (χ0) is 12.9. The van der Waals surface area contributed by atoms with Gasteiger partial charge in [0.05, 0.1) is 0 Å². The first-order valence-corrected chi connectivity index (χ1v) is 7.65. The fourth-order valence-corrected chi connectivity index (χ4v) is 3.37. The maximum Gasteiger partial charge on any atom is 0.137 e. The lowest BCUT2D eigenvalue weighted by molar-refractivity contribution is 0.140. The third-order valence-electron chi connectivity index (χ3n) is 4.59. The van der Waals surface area contributed by atoms with Crippen LogP contribution in [0.2, 0.25) is 0 Å². The van der Waals surface area contributed by atoms with Gasteiger partial charge in [0.2, 0.25) is 0 Å². The summed E-state index contributed by atoms with van der Waals surface area (Å²) in [5, 5.41) is 7.66. The van der Waals surface area contributed by atoms with E-state index in [2.05, 4.69) is 20.3 Å². The van der Waals surface area contributed by atoms with Crippen LogP contribution in [0.25, 0.3) is 0 Å². The molecule has 2 saturated heterocycles. The van der Waals surface area contributed by atoms with Gasteiger partial charge in [0, 0.05) is 13.1 Å². The van der Waals surface area contributed by atoms with Gasteiger partial charge in [-0.1, -0.05) is 0 Å². The molecule has 2 fully saturated rings. The van der Waals surface area contributed by atoms with Gasteiger partial charge in [-0.3, -0.25) is 4.68 Å². The van der Waals surface area contributed by atoms with Crippen molar-refractivity contribution in [2.45, 2.75) is 32.2 Å². The van der Waals surface area contributed by atoms with Crippen molar-refractivity contribution in [1.29, 1.82) is 0 Å². The van der Waals surface area contributed by atoms with E-state index in [9.17, 15) is 0 Å². The molecule has 0 spiro atoms. The molecule has 0 radical (unpaired) electrons. The molecule has 1 N–H and O–H groups in total. The molecule has 0 aliphatic carbocycles. The van der Waals surface area contributed by atoms with Crippen LogP contribution in [-0.2, 0) is 6.54 Å². The van der Waals surface area contributed by atoms with E-state index >= 15 is 0 Å². The highest BCUT2D eigenvalue weighted by Crippen LogP contribution is 2.21. The van der Waals surface area contributed by atoms with E-state index in [1.54, 1.807) is 6.33 Å². The summed E-state index contributed by atoms with van der Waals surface area (Å²) in [6.07, 6.45) is 8.81. The molecule has 0 saturated carbocycles. The molecule has 2 aliphatic rings. The van der Waals surface area contributed by atoms with Crippen LogP contribution in [0.15, 0.2) is 12.7 Å². The predicted molar refractivity (Wildman–Crippen MR) is 74.8 cm³/mol. The molecule has 0 aromatic carbocycles. The molecule has 1 aromatic heterocycles. The molecule has 2 aliphatic heterocycles. The molecule has 0 unspecified atom stereocenters. The Labute approximate surface area is 115 Å². The van der Waals surface area contributed by atoms with Crippen LogP contribution in [0.1, 0.15) is 25.7 Å². The van der Waals surface area contributed by atoms with Crippen molar-refractivity contribution in [1.82, 2.24) is 25.0 Å². The average Bonchev–Trinajstić information content (AvgIpc) is 2.95. The highest BCUT2D eigenvalue weighted by atomic mass is 15.3. The summed E-state index contributed by atoms with van der Waals surface area (Å²) < 4.78 is 1.98. The molecule has 3 heterocycles. The Morgan fingerprint density at radius 1 is 1.00 bits per heavy atom. The van der Waals surface area contributed by atoms with E-state index in [1.165, 1.54) is 58.4 Å². The first-order valence-electron chi connectivity index (χ1n) is 7.65. The SMILES string of the molecule is c1ncn(CC2CCN(CC3CCNCC3)CC2)n1. The van der Waals surface area contributed by atoms with E-state index in [4.69, 9.17) is 0 Å². The lowest BCUT2D eigenvalue weighted by Crippen LogP contribution is -2.40. The molecule has 19 heavy (non-hydrogen) atoms. The van der Waals surface area contributed by atoms with Gasteiger partial charge < -0.3 is 10.2 Å². The number of nitrogens with zero attached hydrogens (tertiary/aromatic N) is 4. The molecule has 0 amide bonds. The minimum atomic E-state index is 0.783. The van der Waals surface area contributed by atoms with Crippen molar-refractivity contribution < 1.29 is 0 Å². The predicted octanol–water partition coefficient (Wildman–Crippen LogP) is 0.990. The van der Waals surface area contributed by atoms with Gasteiger partial charge in [0.1, 0.15) is 12.7 Å². The van der Waals surface area contributed by atoms with Crippen LogP contribution in [0.5, 0.6) is 0 Å². The second kappa shape index (κ2) is 6.48. The van der Waals surface area contributed by atoms with Gasteiger partial charge in [-0.05, 0) is 63.7 Å². The van der Waals surface area contributed by atoms with Crippen LogP contribution in [0.4, 0.5) is 0 Å². The number of rotatable bonds is 4. The third-order valence-corrected chi connectivity index (χ3v) is 4.59. The van der Waals surface area contributed by atoms with Crippen LogP contribution in [0, 0.1) is 11.8 Å². The number of nitrogens with one attached hydrogen (secondary N) is 1. The molecule has 5 heteroatoms. The first-order chi connectivity index (χ1) is 9.40. The standard InChI is InChI=1S/C14H25N5/c1-5-15-6-2-13(1)9-18-7-3-14(4-8-18)10-19-12-16-11-17-19/h11-15H,1-10H2. The fraction of sp³-hybridized carbons (Fsp3) is 0.857. The Bertz CT molecular complexity index is 350. The minimum absolute atomic E-state index is 0.783. The van der Waals surface area contributed by atoms with E-state index in [0.717, 1.165) is 18.4 Å². The van der Waals surface area contributed by atoms with Crippen molar-refractivity contribution in [2.75, 3.05) is 32.7 Å². The van der Waals surface area contributed by atoms with Gasteiger partial charge in [0.25, 0.3) is 0 Å². The number of piperidine rings is 2. The maximum atomic E-state index is 4.21. The summed E-state index contributed by atoms with van der Waals surface area (Å²) in [7, 11) is 0. The average molecular weight is 263 g/mol. The summed E-state index contributed by atoms with van der Waals surface area (Å²) in [6, 6.07) is 0. The lowest BCUT2D eigenvalue weighted by Gasteiger charge is -2.35. The molecular weight excluding hydrogens is 238 g/mol. The Hall–Kier alpha value is -0.940. The van der Waals surface area contributed by atoms with Crippen molar-refractivity contribution in [3.05, 3.63) is 12.7 Å². The largest absolute Gasteiger partial charge is 0.317 e. The van der Waals surface area contributed by atoms with Gasteiger partial charge in [-0.15, -0.1) is 0 Å². The molecule has 106 valence electrons. The van der Waals surface area contributed by atoms with Crippen LogP contribution in [0.3, 0.4) is 0 Å². The fourth-order valence-electron chi connectivity index (χ4n) is 3.37. The summed E-state index contributed by atoms with van der Waals surface area (Å²) in [5.41, 5.74) is 0. The Kier molecular flexibility index (Phi) is 4.45. The quantitative estimate of drug-likeness (QED) is 0.880. The number of likely N-dealkylation sites (tertiary alicyclic amines) is 1. The van der Waals surface area contributed by atoms with Crippen LogP contribution >= 0.6 is 0 Å². The van der Waals surface area contributed by atoms with Crippen molar-refractivity contribution in [2.24, 2.45) is 11.8 Å². The highest BCUT2D eigenvalue weighted by Gasteiger charge is 2.22. The Balaban J connectivity index is 1.39. The monoisotopic (exact) mass is 263 g/mol. The highest BCUT2D eigenvalue weighted by molar-refractivity contribution is 4.77. The maximum absolute atomic E-state index is 4.21. The Morgan fingerprint density at radius 2 is 1.74 bits per heavy atom. The van der Waals surface area contributed by atoms with Gasteiger partial charge in [0.15, 0.2) is 0 Å². The summed E-state index contributed by atoms with van der Waals surface area (Å²) in [6.45, 7) is 7.33. The number of hydrogen-bond acceptors (Lipinski definition) is 4. The second-order valence-electron chi connectivity index (χ2n) is 6.05. The first kappa shape index (κ1) is 13.1. The minimum Gasteiger partial charge on any atom is -0.317 e.